The number of hydrogen-bond donors (Lipinski definition) is 0. The molecule has 0 bridgehead atoms. The van der Waals surface area contributed by atoms with Crippen molar-refractivity contribution in [2.45, 2.75) is 33.6 Å². The quantitative estimate of drug-likeness (QED) is 0.124. The van der Waals surface area contributed by atoms with E-state index >= 15 is 0 Å². The number of para-hydroxylation sites is 6. The number of nitrogens with zero attached hydrogens (tertiary/aromatic N) is 6. The lowest BCUT2D eigenvalue weighted by atomic mass is 9.87. The molecule has 0 unspecified atom stereocenters. The smallest absolute Gasteiger partial charge is 0.0648 e. The summed E-state index contributed by atoms with van der Waals surface area (Å²) < 4.78 is 718. The minimum Gasteiger partial charge on any atom is -0.309 e. The van der Waals surface area contributed by atoms with Crippen molar-refractivity contribution in [1.29, 1.82) is 0 Å². The highest BCUT2D eigenvalue weighted by atomic mass is 15.0. The molecule has 31 rings (SSSR count). The summed E-state index contributed by atoms with van der Waals surface area (Å²) in [6, 6.07) is -63.7. The van der Waals surface area contributed by atoms with Gasteiger partial charge in [-0.25, -0.2) is 0 Å². The van der Waals surface area contributed by atoms with Crippen LogP contribution in [0.1, 0.15) is 147 Å². The Morgan fingerprint density at radius 2 is 0.476 bits per heavy atom. The maximum absolute atomic E-state index is 10.1. The van der Waals surface area contributed by atoms with Gasteiger partial charge in [0, 0.05) is 111 Å². The lowest BCUT2D eigenvalue weighted by molar-refractivity contribution is 0.976. The van der Waals surface area contributed by atoms with Crippen LogP contribution in [-0.2, 0) is 12.8 Å². The van der Waals surface area contributed by atoms with E-state index in [0.29, 0.717) is 13.7 Å². The summed E-state index contributed by atoms with van der Waals surface area (Å²) in [4.78, 5) is 0. The summed E-state index contributed by atoms with van der Waals surface area (Å²) in [5.74, 6) is 0. The molecule has 0 saturated carbocycles. The second-order valence-electron chi connectivity index (χ2n) is 32.8. The number of hydrogen-bond acceptors (Lipinski definition) is 0. The van der Waals surface area contributed by atoms with Crippen LogP contribution in [0.4, 0.5) is 0 Å². The van der Waals surface area contributed by atoms with Crippen LogP contribution in [-0.4, -0.2) is 27.2 Å². The molecule has 0 spiro atoms. The molecule has 6 nitrogen and oxygen atoms in total. The molecule has 6 heteroatoms. The second-order valence-corrected chi connectivity index (χ2v) is 32.8. The van der Waals surface area contributed by atoms with Crippen molar-refractivity contribution >= 4 is 147 Å². The van der Waals surface area contributed by atoms with Gasteiger partial charge in [-0.1, -0.05) is 308 Å². The Labute approximate surface area is 937 Å². The molecule has 2 aliphatic heterocycles. The van der Waals surface area contributed by atoms with Crippen molar-refractivity contribution < 1.29 is 108 Å². The predicted molar refractivity (Wildman–Crippen MR) is 604 cm³/mol. The van der Waals surface area contributed by atoms with E-state index in [1.807, 2.05) is 0 Å². The van der Waals surface area contributed by atoms with Crippen LogP contribution in [0.3, 0.4) is 0 Å². The summed E-state index contributed by atoms with van der Waals surface area (Å²) in [7, 11) is 0. The molecule has 22 aromatic carbocycles. The number of aryl methyl sites for hydroxylation is 1. The first-order valence-electron chi connectivity index (χ1n) is 82.9. The number of aromatic nitrogens is 6. The van der Waals surface area contributed by atoms with Gasteiger partial charge >= 0.3 is 0 Å². The van der Waals surface area contributed by atoms with Crippen LogP contribution in [0.25, 0.3) is 253 Å². The van der Waals surface area contributed by atoms with Gasteiger partial charge in [0.05, 0.1) is 186 Å². The lowest BCUT2D eigenvalue weighted by Gasteiger charge is -2.29. The van der Waals surface area contributed by atoms with E-state index in [2.05, 4.69) is 0 Å². The molecule has 7 aromatic heterocycles. The molecule has 29 aromatic rings. The van der Waals surface area contributed by atoms with Crippen LogP contribution in [0, 0.1) is 20.8 Å². The van der Waals surface area contributed by atoms with Gasteiger partial charge in [0.2, 0.25) is 0 Å². The molecular weight excluding hydrogens is 1730 g/mol. The Morgan fingerprint density at radius 3 is 1.00 bits per heavy atom. The molecule has 0 aliphatic carbocycles. The van der Waals surface area contributed by atoms with E-state index in [9.17, 15) is 39.8 Å². The maximum Gasteiger partial charge on any atom is 0.0648 e. The third kappa shape index (κ3) is 13.0. The van der Waals surface area contributed by atoms with Gasteiger partial charge < -0.3 is 27.2 Å². The molecule has 9 heterocycles. The Morgan fingerprint density at radius 1 is 0.168 bits per heavy atom. The van der Waals surface area contributed by atoms with Gasteiger partial charge in [0.1, 0.15) is 0 Å². The van der Waals surface area contributed by atoms with Crippen molar-refractivity contribution in [3.05, 3.63) is 516 Å². The summed E-state index contributed by atoms with van der Waals surface area (Å²) >= 11 is 0. The van der Waals surface area contributed by atoms with E-state index in [-0.39, 0.29) is 147 Å². The second kappa shape index (κ2) is 32.4. The highest BCUT2D eigenvalue weighted by Gasteiger charge is 2.32. The highest BCUT2D eigenvalue weighted by Crippen LogP contribution is 2.51. The normalized spacial score (nSPS) is 20.0. The first-order chi connectivity index (χ1) is 104. The first-order valence-corrected chi connectivity index (χ1v) is 43.4. The Kier molecular flexibility index (Phi) is 8.04. The number of benzene rings is 22. The van der Waals surface area contributed by atoms with Crippen LogP contribution >= 0.6 is 0 Å². The first kappa shape index (κ1) is 35.5. The number of rotatable bonds is 11. The Balaban J connectivity index is 0.000000141. The average molecular weight is 1900 g/mol. The summed E-state index contributed by atoms with van der Waals surface area (Å²) in [5, 5.41) is -4.91. The Bertz CT molecular complexity index is 15100. The number of fused-ring (bicyclic) bond motifs is 19. The zero-order valence-corrected chi connectivity index (χ0v) is 73.1. The van der Waals surface area contributed by atoms with Gasteiger partial charge in [-0.05, 0) is 307 Å². The van der Waals surface area contributed by atoms with Crippen LogP contribution in [0.2, 0.25) is 0 Å². The van der Waals surface area contributed by atoms with Gasteiger partial charge in [-0.3, -0.25) is 0 Å². The van der Waals surface area contributed by atoms with Crippen molar-refractivity contribution in [1.82, 2.24) is 27.2 Å². The van der Waals surface area contributed by atoms with Gasteiger partial charge in [-0.2, -0.15) is 0 Å². The van der Waals surface area contributed by atoms with Crippen molar-refractivity contribution in [3.63, 3.8) is 0 Å². The molecule has 0 radical (unpaired) electrons. The van der Waals surface area contributed by atoms with Crippen molar-refractivity contribution in [2.24, 2.45) is 0 Å². The fourth-order valence-electron chi connectivity index (χ4n) is 18.7. The minimum absolute atomic E-state index is 0.00145. The third-order valence-electron chi connectivity index (χ3n) is 24.7. The zero-order chi connectivity index (χ0) is 163. The van der Waals surface area contributed by atoms with Crippen molar-refractivity contribution in [3.8, 4) is 106 Å². The molecule has 0 atom stereocenters. The Hall–Kier alpha value is -18.4. The highest BCUT2D eigenvalue weighted by molar-refractivity contribution is 6.25. The third-order valence-corrected chi connectivity index (χ3v) is 24.7. The van der Waals surface area contributed by atoms with E-state index in [1.54, 1.807) is 4.57 Å². The molecule has 0 amide bonds. The van der Waals surface area contributed by atoms with Crippen molar-refractivity contribution in [2.75, 3.05) is 0 Å². The molecular formula is C137H92N6. The van der Waals surface area contributed by atoms with E-state index in [0.717, 1.165) is 4.57 Å². The average Bonchev–Trinajstić information content (AvgIpc) is 1.50. The van der Waals surface area contributed by atoms with Crippen LogP contribution < -0.4 is 0 Å². The van der Waals surface area contributed by atoms with Crippen LogP contribution in [0.5, 0.6) is 0 Å². The van der Waals surface area contributed by atoms with E-state index in [1.165, 1.54) is 25.2 Å². The summed E-state index contributed by atoms with van der Waals surface area (Å²) in [6.45, 7) is 4.10. The summed E-state index contributed by atoms with van der Waals surface area (Å²) in [5.41, 5.74) is -16.5. The van der Waals surface area contributed by atoms with Gasteiger partial charge in [-0.15, -0.1) is 0 Å². The fourth-order valence-corrected chi connectivity index (χ4v) is 18.7. The van der Waals surface area contributed by atoms with Gasteiger partial charge in [0.25, 0.3) is 0 Å². The topological polar surface area (TPSA) is 29.1 Å². The van der Waals surface area contributed by atoms with Gasteiger partial charge in [0.15, 0.2) is 0 Å². The molecule has 143 heavy (non-hydrogen) atoms. The molecule has 2 aliphatic rings. The molecule has 0 fully saturated rings. The van der Waals surface area contributed by atoms with E-state index in [4.69, 9.17) is 68.5 Å². The predicted octanol–water partition coefficient (Wildman–Crippen LogP) is 36.1. The van der Waals surface area contributed by atoms with Crippen LogP contribution in [0.15, 0.2) is 477 Å². The maximum atomic E-state index is 10.1. The fraction of sp³-hybridized carbons (Fsp3) is 0.0365. The molecule has 0 saturated heterocycles. The summed E-state index contributed by atoms with van der Waals surface area (Å²) in [6.07, 6.45) is -0.519. The standard InChI is InChI=1S/C49H34N2.C45H28N2.C43H30N2/c1-33-12-11-15-35(28-33)37-21-25-47-43(30-37)45-32-39(23-27-49(45)51(47)41-18-9-4-10-19-41)38-22-26-48-44(31-38)42-29-36(34-13-5-2-6-14-34)20-24-46(42)50(48)40-16-7-3-8-17-40;1-25-14-16-35-37-23-27(15-17-40(37)46-39-13-6-5-11-36(39)41(25)45(35)46)30-21-33-22-32-20-29(26-8-3-2-4-9-26)19-31-18-28-10-7-12-34-38(24-30)44(33)47(42(31)32)43(28)34;1-29-16-23-37-39-28-33(20-25-42(39)45(43(37)26-29)34-12-6-3-7-13-34)32-19-24-41-38(27-32)36-14-8-9-15-40(36)44(41)35-21-17-31(18-22-35)30-10-4-2-5-11-30/h2-32H,1H3;2-17,19-21,23-24H,18,22H2,1H3;2-28H,1H3/i2D,3D,4D,5D,6D,7D,8D,9D,10D,11D,12D,13D,14D,15D,16D,17D,18D,19D,20D,21D,22D,23D,24D,25D,26D,27D,28D,29D,30D,31D,32D;2D,3D,4D,5D,6D,7D,8D,9D,10D,11D,12D,13D,14D,15D,16D,17D,19D,20D,21D,23D,24D;2D,3D,4D,5D,6D,7D,8D,9D,10D,11D,12D,13D,14D,15D,16D,17D,18D,19D,20D,21D,22D,23D,24D,25D,26D,27D,28D. The van der Waals surface area contributed by atoms with E-state index < -0.39 is 636 Å². The largest absolute Gasteiger partial charge is 0.309 e. The SMILES string of the molecule is [2H]c1c([2H])c([2H])c(-c2c([2H])c([2H])c(-n3c4c([2H])c([2H])c([2H])c([2H])c4c4c([2H])c(-c5c([2H])c([2H])c6c(c5[2H])c5c([2H])c([2H])c(C)c([2H])c5n6-c5c([2H])c([2H])c([2H])c([2H])c5[2H])c([2H])c([2H])c43)c([2H])c2[2H])c([2H])c1[2H].[2H]c1c([2H])c([2H])c(-c2c([2H])c([2H])c3c(c2[2H])c2c([2H])c(-c4c([2H])c([2H])c5c(c4[2H])c4c([2H])c(-c6c([2H])c([2H])c([2H])c(C)c6[2H])c([2H])c([2H])c4n5-c4c([2H])c([2H])c([2H])c([2H])c4[2H])c([2H])c([2H])c2n3-c2c([2H])c([2H])c([2H])c([2H])c2[2H])c([2H])c1[2H].[2H]c1c([2H])c([2H])c(-c2c([2H])c3c4c(c2[2H])Cc2c([2H])c(-c5c([2H])c([2H])c6c(c5[2H])c5c([2H])c([2H])c(C)c7c8c([2H])c([2H])c([2H])c([2H])c8n6c57)c([2H])c5c6c([2H])c([2H])c([2H])c(c6n-4c25)C3)c([2H])c1[2H]. The monoisotopic (exact) mass is 1900 g/mol. The molecule has 0 N–H and O–H groups in total. The lowest BCUT2D eigenvalue weighted by Crippen LogP contribution is -2.15. The molecule has 670 valence electrons. The minimum atomic E-state index is -1.12. The zero-order valence-electron chi connectivity index (χ0n) is 152.